The predicted octanol–water partition coefficient (Wildman–Crippen LogP) is 4.15. The maximum absolute atomic E-state index is 13.4. The molecule has 1 N–H and O–H groups in total. The zero-order chi connectivity index (χ0) is 20.3. The molecule has 0 amide bonds. The van der Waals surface area contributed by atoms with Crippen LogP contribution in [0, 0.1) is 15.9 Å². The van der Waals surface area contributed by atoms with Crippen molar-refractivity contribution in [1.29, 1.82) is 0 Å². The van der Waals surface area contributed by atoms with E-state index in [1.54, 1.807) is 4.90 Å². The van der Waals surface area contributed by atoms with Crippen molar-refractivity contribution >= 4 is 17.3 Å². The molecule has 0 aliphatic carbocycles. The van der Waals surface area contributed by atoms with Crippen molar-refractivity contribution in [3.05, 3.63) is 51.6 Å². The predicted molar refractivity (Wildman–Crippen MR) is 93.5 cm³/mol. The first-order valence-electron chi connectivity index (χ1n) is 8.61. The second-order valence-electron chi connectivity index (χ2n) is 6.36. The van der Waals surface area contributed by atoms with Crippen LogP contribution >= 0.6 is 0 Å². The Morgan fingerprint density at radius 1 is 1.18 bits per heavy atom. The number of anilines is 2. The molecule has 1 aliphatic heterocycles. The van der Waals surface area contributed by atoms with Crippen molar-refractivity contribution in [3.63, 3.8) is 0 Å². The van der Waals surface area contributed by atoms with Gasteiger partial charge in [0.05, 0.1) is 10.5 Å². The Bertz CT molecular complexity index is 869. The first-order chi connectivity index (χ1) is 13.3. The summed E-state index contributed by atoms with van der Waals surface area (Å²) in [5.74, 6) is -1.30. The summed E-state index contributed by atoms with van der Waals surface area (Å²) in [5, 5.41) is 14.3. The first-order valence-corrected chi connectivity index (χ1v) is 8.61. The van der Waals surface area contributed by atoms with E-state index in [1.165, 1.54) is 12.4 Å². The van der Waals surface area contributed by atoms with Gasteiger partial charge >= 0.3 is 11.9 Å². The van der Waals surface area contributed by atoms with Gasteiger partial charge in [0.2, 0.25) is 11.6 Å². The fourth-order valence-corrected chi connectivity index (χ4v) is 3.09. The van der Waals surface area contributed by atoms with Gasteiger partial charge in [0.1, 0.15) is 12.1 Å². The van der Waals surface area contributed by atoms with Crippen LogP contribution < -0.4 is 10.2 Å². The molecule has 2 aromatic rings. The summed E-state index contributed by atoms with van der Waals surface area (Å²) in [7, 11) is 0. The van der Waals surface area contributed by atoms with Crippen LogP contribution in [0.15, 0.2) is 24.5 Å². The van der Waals surface area contributed by atoms with Gasteiger partial charge in [-0.3, -0.25) is 10.1 Å². The lowest BCUT2D eigenvalue weighted by atomic mass is 10.1. The topological polar surface area (TPSA) is 84.2 Å². The molecule has 1 aromatic heterocycles. The lowest BCUT2D eigenvalue weighted by Crippen LogP contribution is -2.31. The molecular formula is C17H17F4N5O2. The van der Waals surface area contributed by atoms with E-state index in [2.05, 4.69) is 15.3 Å². The van der Waals surface area contributed by atoms with E-state index in [0.29, 0.717) is 25.2 Å². The summed E-state index contributed by atoms with van der Waals surface area (Å²) in [5.41, 5.74) is -1.61. The second-order valence-corrected chi connectivity index (χ2v) is 6.36. The molecule has 1 saturated heterocycles. The Kier molecular flexibility index (Phi) is 5.61. The average molecular weight is 399 g/mol. The van der Waals surface area contributed by atoms with Gasteiger partial charge in [-0.15, -0.1) is 0 Å². The molecule has 0 saturated carbocycles. The number of nitrogens with one attached hydrogen (secondary N) is 1. The number of hydrogen-bond acceptors (Lipinski definition) is 6. The standard InChI is InChI=1S/C17H17F4N5O2/c18-13-5-4-11(8-12(13)17(19,20)21)9-22-15-14(26(27)28)16(24-10-23-15)25-6-2-1-3-7-25/h4-5,8,10H,1-3,6-7,9H2,(H,22,23,24). The minimum atomic E-state index is -4.83. The molecule has 7 nitrogen and oxygen atoms in total. The molecular weight excluding hydrogens is 382 g/mol. The second kappa shape index (κ2) is 7.95. The van der Waals surface area contributed by atoms with Gasteiger partial charge in [0.15, 0.2) is 0 Å². The molecule has 1 aliphatic rings. The van der Waals surface area contributed by atoms with Crippen LogP contribution in [0.4, 0.5) is 34.9 Å². The van der Waals surface area contributed by atoms with Crippen molar-refractivity contribution in [2.45, 2.75) is 32.0 Å². The molecule has 0 unspecified atom stereocenters. The number of aromatic nitrogens is 2. The van der Waals surface area contributed by atoms with E-state index < -0.39 is 22.5 Å². The number of alkyl halides is 3. The van der Waals surface area contributed by atoms with E-state index in [9.17, 15) is 27.7 Å². The average Bonchev–Trinajstić information content (AvgIpc) is 2.66. The third-order valence-corrected chi connectivity index (χ3v) is 4.44. The van der Waals surface area contributed by atoms with Crippen molar-refractivity contribution < 1.29 is 22.5 Å². The first kappa shape index (κ1) is 19.8. The monoisotopic (exact) mass is 399 g/mol. The zero-order valence-corrected chi connectivity index (χ0v) is 14.7. The van der Waals surface area contributed by atoms with Crippen molar-refractivity contribution in [3.8, 4) is 0 Å². The molecule has 11 heteroatoms. The number of piperidine rings is 1. The Balaban J connectivity index is 1.86. The highest BCUT2D eigenvalue weighted by Crippen LogP contribution is 2.34. The Morgan fingerprint density at radius 3 is 2.54 bits per heavy atom. The molecule has 1 aromatic carbocycles. The SMILES string of the molecule is O=[N+]([O-])c1c(NCc2ccc(F)c(C(F)(F)F)c2)ncnc1N1CCCCC1. The third-order valence-electron chi connectivity index (χ3n) is 4.44. The van der Waals surface area contributed by atoms with E-state index in [-0.39, 0.29) is 29.4 Å². The number of benzene rings is 1. The molecule has 3 rings (SSSR count). The number of nitro groups is 1. The summed E-state index contributed by atoms with van der Waals surface area (Å²) in [6, 6.07) is 2.56. The minimum Gasteiger partial charge on any atom is -0.360 e. The van der Waals surface area contributed by atoms with E-state index in [4.69, 9.17) is 0 Å². The highest BCUT2D eigenvalue weighted by Gasteiger charge is 2.34. The van der Waals surface area contributed by atoms with Gasteiger partial charge in [-0.2, -0.15) is 13.2 Å². The summed E-state index contributed by atoms with van der Waals surface area (Å²) >= 11 is 0. The minimum absolute atomic E-state index is 0.0987. The number of nitrogens with zero attached hydrogens (tertiary/aromatic N) is 4. The Hall–Kier alpha value is -2.98. The summed E-state index contributed by atoms with van der Waals surface area (Å²) < 4.78 is 51.9. The highest BCUT2D eigenvalue weighted by atomic mass is 19.4. The smallest absolute Gasteiger partial charge is 0.360 e. The quantitative estimate of drug-likeness (QED) is 0.462. The fraction of sp³-hybridized carbons (Fsp3) is 0.412. The molecule has 0 radical (unpaired) electrons. The maximum atomic E-state index is 13.4. The lowest BCUT2D eigenvalue weighted by molar-refractivity contribution is -0.383. The zero-order valence-electron chi connectivity index (χ0n) is 14.7. The lowest BCUT2D eigenvalue weighted by Gasteiger charge is -2.27. The molecule has 150 valence electrons. The van der Waals surface area contributed by atoms with Crippen LogP contribution in [0.3, 0.4) is 0 Å². The van der Waals surface area contributed by atoms with Crippen LogP contribution in [-0.4, -0.2) is 28.0 Å². The van der Waals surface area contributed by atoms with Gasteiger partial charge in [-0.05, 0) is 37.0 Å². The van der Waals surface area contributed by atoms with E-state index in [0.717, 1.165) is 19.3 Å². The molecule has 2 heterocycles. The van der Waals surface area contributed by atoms with E-state index >= 15 is 0 Å². The van der Waals surface area contributed by atoms with Crippen LogP contribution in [-0.2, 0) is 12.7 Å². The Morgan fingerprint density at radius 2 is 1.89 bits per heavy atom. The van der Waals surface area contributed by atoms with Crippen LogP contribution in [0.2, 0.25) is 0 Å². The van der Waals surface area contributed by atoms with Crippen molar-refractivity contribution in [2.75, 3.05) is 23.3 Å². The summed E-state index contributed by atoms with van der Waals surface area (Å²) in [6.45, 7) is 1.06. The number of rotatable bonds is 5. The highest BCUT2D eigenvalue weighted by molar-refractivity contribution is 5.70. The fourth-order valence-electron chi connectivity index (χ4n) is 3.09. The maximum Gasteiger partial charge on any atom is 0.419 e. The number of hydrogen-bond donors (Lipinski definition) is 1. The molecule has 28 heavy (non-hydrogen) atoms. The van der Waals surface area contributed by atoms with Crippen molar-refractivity contribution in [2.24, 2.45) is 0 Å². The van der Waals surface area contributed by atoms with Crippen LogP contribution in [0.5, 0.6) is 0 Å². The summed E-state index contributed by atoms with van der Waals surface area (Å²) in [6.07, 6.45) is -0.848. The van der Waals surface area contributed by atoms with Gasteiger partial charge in [0.25, 0.3) is 0 Å². The Labute approximate surface area is 157 Å². The summed E-state index contributed by atoms with van der Waals surface area (Å²) in [4.78, 5) is 20.7. The van der Waals surface area contributed by atoms with E-state index in [1.807, 2.05) is 0 Å². The van der Waals surface area contributed by atoms with Crippen LogP contribution in [0.1, 0.15) is 30.4 Å². The normalized spacial score (nSPS) is 14.8. The molecule has 0 spiro atoms. The third kappa shape index (κ3) is 4.29. The van der Waals surface area contributed by atoms with Gasteiger partial charge in [-0.25, -0.2) is 14.4 Å². The van der Waals surface area contributed by atoms with Crippen LogP contribution in [0.25, 0.3) is 0 Å². The van der Waals surface area contributed by atoms with Gasteiger partial charge < -0.3 is 10.2 Å². The molecule has 0 atom stereocenters. The van der Waals surface area contributed by atoms with Crippen molar-refractivity contribution in [1.82, 2.24) is 9.97 Å². The van der Waals surface area contributed by atoms with Gasteiger partial charge in [0, 0.05) is 19.6 Å². The molecule has 0 bridgehead atoms. The largest absolute Gasteiger partial charge is 0.419 e. The number of halogens is 4. The van der Waals surface area contributed by atoms with Gasteiger partial charge in [-0.1, -0.05) is 6.07 Å². The molecule has 1 fully saturated rings.